The molecule has 3 rings (SSSR count). The van der Waals surface area contributed by atoms with Crippen molar-refractivity contribution in [3.63, 3.8) is 0 Å². The molecule has 1 atom stereocenters. The lowest BCUT2D eigenvalue weighted by Crippen LogP contribution is -2.42. The van der Waals surface area contributed by atoms with Crippen molar-refractivity contribution < 1.29 is 28.5 Å². The summed E-state index contributed by atoms with van der Waals surface area (Å²) in [7, 11) is 0.0358. The highest BCUT2D eigenvalue weighted by molar-refractivity contribution is 6.76. The van der Waals surface area contributed by atoms with Crippen LogP contribution in [0.3, 0.4) is 0 Å². The van der Waals surface area contributed by atoms with Crippen LogP contribution >= 0.6 is 0 Å². The summed E-state index contributed by atoms with van der Waals surface area (Å²) < 4.78 is 24.4. The molecule has 0 bridgehead atoms. The van der Waals surface area contributed by atoms with Crippen LogP contribution in [0.2, 0.25) is 25.7 Å². The second-order valence-electron chi connectivity index (χ2n) is 13.4. The van der Waals surface area contributed by atoms with Crippen molar-refractivity contribution in [2.45, 2.75) is 84.9 Å². The number of carbonyl (C=O) groups excluding carboxylic acids is 2. The first kappa shape index (κ1) is 32.5. The second kappa shape index (κ2) is 12.9. The van der Waals surface area contributed by atoms with Gasteiger partial charge in [0.1, 0.15) is 11.5 Å². The largest absolute Gasteiger partial charge is 0.501 e. The van der Waals surface area contributed by atoms with Gasteiger partial charge in [0.15, 0.2) is 11.9 Å². The Hall–Kier alpha value is -3.05. The minimum atomic E-state index is -1.33. The maximum absolute atomic E-state index is 13.2. The van der Waals surface area contributed by atoms with E-state index in [1.165, 1.54) is 13.4 Å². The number of aromatic nitrogens is 2. The lowest BCUT2D eigenvalue weighted by Gasteiger charge is -2.41. The van der Waals surface area contributed by atoms with Crippen molar-refractivity contribution in [3.05, 3.63) is 36.2 Å². The van der Waals surface area contributed by atoms with Gasteiger partial charge in [0.25, 0.3) is 0 Å². The maximum atomic E-state index is 13.2. The Bertz CT molecular complexity index is 1240. The number of methoxy groups -OCH3 is 1. The first-order chi connectivity index (χ1) is 19.1. The molecule has 1 saturated heterocycles. The lowest BCUT2D eigenvalue weighted by molar-refractivity contribution is -0.164. The number of esters is 1. The summed E-state index contributed by atoms with van der Waals surface area (Å²) >= 11 is 0. The summed E-state index contributed by atoms with van der Waals surface area (Å²) in [5.41, 5.74) is 1.58. The Balaban J connectivity index is 2.05. The third kappa shape index (κ3) is 8.72. The number of nitrogens with one attached hydrogen (secondary N) is 1. The summed E-state index contributed by atoms with van der Waals surface area (Å²) in [5.74, 6) is 0.682. The lowest BCUT2D eigenvalue weighted by atomic mass is 9.81. The molecule has 0 aromatic carbocycles. The van der Waals surface area contributed by atoms with Crippen LogP contribution in [0.4, 0.5) is 16.4 Å². The average Bonchev–Trinajstić information content (AvgIpc) is 3.25. The summed E-state index contributed by atoms with van der Waals surface area (Å²) in [5, 5.41) is 2.78. The molecule has 0 spiro atoms. The number of amides is 1. The molecular weight excluding hydrogens is 540 g/mol. The predicted octanol–water partition coefficient (Wildman–Crippen LogP) is 6.33. The third-order valence-electron chi connectivity index (χ3n) is 7.26. The van der Waals surface area contributed by atoms with Crippen molar-refractivity contribution in [1.82, 2.24) is 9.38 Å². The Labute approximate surface area is 245 Å². The molecule has 1 aliphatic rings. The number of hydrogen-bond acceptors (Lipinski definition) is 8. The normalized spacial score (nSPS) is 16.3. The highest BCUT2D eigenvalue weighted by atomic mass is 28.3. The second-order valence-corrected chi connectivity index (χ2v) is 19.0. The SMILES string of the molecule is C=COCC1(C)CCN(c2c([C@H](OC(C)(C)C)C(=O)OC)c(C)cc3nc(NC(=O)OCC[Si](C)(C)C)cn23)CC1. The van der Waals surface area contributed by atoms with E-state index in [0.717, 1.165) is 43.4 Å². The highest BCUT2D eigenvalue weighted by Crippen LogP contribution is 2.40. The van der Waals surface area contributed by atoms with E-state index < -0.39 is 31.8 Å². The molecule has 1 N–H and O–H groups in total. The van der Waals surface area contributed by atoms with Crippen molar-refractivity contribution in [3.8, 4) is 0 Å². The Morgan fingerprint density at radius 3 is 2.46 bits per heavy atom. The van der Waals surface area contributed by atoms with Gasteiger partial charge in [-0.05, 0) is 58.2 Å². The number of rotatable bonds is 11. The van der Waals surface area contributed by atoms with Gasteiger partial charge in [0, 0.05) is 32.1 Å². The van der Waals surface area contributed by atoms with Gasteiger partial charge in [-0.25, -0.2) is 14.6 Å². The number of imidazole rings is 1. The van der Waals surface area contributed by atoms with E-state index in [9.17, 15) is 9.59 Å². The molecule has 228 valence electrons. The molecular formula is C30H48N4O6Si. The molecule has 41 heavy (non-hydrogen) atoms. The average molecular weight is 589 g/mol. The van der Waals surface area contributed by atoms with Crippen LogP contribution in [0.1, 0.15) is 57.8 Å². The number of carbonyl (C=O) groups is 2. The van der Waals surface area contributed by atoms with Crippen molar-refractivity contribution in [2.75, 3.05) is 43.6 Å². The van der Waals surface area contributed by atoms with Crippen LogP contribution in [-0.2, 0) is 23.7 Å². The summed E-state index contributed by atoms with van der Waals surface area (Å²) in [6.45, 7) is 22.7. The predicted molar refractivity (Wildman–Crippen MR) is 164 cm³/mol. The number of pyridine rings is 1. The molecule has 1 fully saturated rings. The van der Waals surface area contributed by atoms with E-state index in [4.69, 9.17) is 18.9 Å². The smallest absolute Gasteiger partial charge is 0.412 e. The van der Waals surface area contributed by atoms with Gasteiger partial charge in [-0.15, -0.1) is 0 Å². The first-order valence-electron chi connectivity index (χ1n) is 14.3. The molecule has 0 unspecified atom stereocenters. The van der Waals surface area contributed by atoms with Crippen molar-refractivity contribution in [2.24, 2.45) is 5.41 Å². The molecule has 1 aliphatic heterocycles. The van der Waals surface area contributed by atoms with Crippen LogP contribution in [0.15, 0.2) is 25.1 Å². The minimum Gasteiger partial charge on any atom is -0.501 e. The van der Waals surface area contributed by atoms with E-state index in [0.29, 0.717) is 30.2 Å². The minimum absolute atomic E-state index is 0.00121. The number of piperidine rings is 1. The topological polar surface area (TPSA) is 104 Å². The molecule has 0 aliphatic carbocycles. The van der Waals surface area contributed by atoms with Crippen LogP contribution in [-0.4, -0.2) is 68.5 Å². The van der Waals surface area contributed by atoms with Crippen LogP contribution in [0.5, 0.6) is 0 Å². The molecule has 2 aromatic heterocycles. The molecule has 1 amide bonds. The molecule has 11 heteroatoms. The fourth-order valence-corrected chi connectivity index (χ4v) is 5.60. The summed E-state index contributed by atoms with van der Waals surface area (Å²) in [6, 6.07) is 2.78. The van der Waals surface area contributed by atoms with Gasteiger partial charge in [-0.1, -0.05) is 33.1 Å². The van der Waals surface area contributed by atoms with Gasteiger partial charge < -0.3 is 23.8 Å². The van der Waals surface area contributed by atoms with Crippen molar-refractivity contribution >= 4 is 37.4 Å². The number of ether oxygens (including phenoxy) is 4. The molecule has 0 saturated carbocycles. The van der Waals surface area contributed by atoms with E-state index in [2.05, 4.69) is 48.3 Å². The molecule has 3 heterocycles. The van der Waals surface area contributed by atoms with E-state index >= 15 is 0 Å². The molecule has 2 aromatic rings. The van der Waals surface area contributed by atoms with E-state index in [-0.39, 0.29) is 5.41 Å². The zero-order chi connectivity index (χ0) is 30.6. The zero-order valence-electron chi connectivity index (χ0n) is 26.3. The van der Waals surface area contributed by atoms with E-state index in [1.807, 2.05) is 38.2 Å². The molecule has 10 nitrogen and oxygen atoms in total. The van der Waals surface area contributed by atoms with Gasteiger partial charge in [0.2, 0.25) is 0 Å². The summed E-state index contributed by atoms with van der Waals surface area (Å²) in [6.07, 6.45) is 3.52. The Morgan fingerprint density at radius 2 is 1.90 bits per heavy atom. The Kier molecular flexibility index (Phi) is 10.2. The van der Waals surface area contributed by atoms with Gasteiger partial charge in [-0.3, -0.25) is 9.72 Å². The van der Waals surface area contributed by atoms with Crippen LogP contribution < -0.4 is 10.2 Å². The maximum Gasteiger partial charge on any atom is 0.412 e. The highest BCUT2D eigenvalue weighted by Gasteiger charge is 2.37. The van der Waals surface area contributed by atoms with Crippen molar-refractivity contribution in [1.29, 1.82) is 0 Å². The number of anilines is 2. The zero-order valence-corrected chi connectivity index (χ0v) is 27.3. The quantitative estimate of drug-likeness (QED) is 0.185. The first-order valence-corrected chi connectivity index (χ1v) is 18.0. The molecule has 0 radical (unpaired) electrons. The standard InChI is InChI=1S/C30H48N4O6Si/c1-11-38-20-30(6)12-14-33(15-13-30)26-24(25(27(35)37-7)40-29(3,4)5)21(2)18-23-31-22(19-34(23)26)32-28(36)39-16-17-41(8,9)10/h11,18-19,25H,1,12-17,20H2,2-10H3,(H,32,36)/t25-/m0/s1. The number of hydrogen-bond donors (Lipinski definition) is 1. The van der Waals surface area contributed by atoms with E-state index in [1.54, 1.807) is 6.20 Å². The van der Waals surface area contributed by atoms with Gasteiger partial charge in [0.05, 0.1) is 38.4 Å². The number of aryl methyl sites for hydroxylation is 1. The van der Waals surface area contributed by atoms with Gasteiger partial charge >= 0.3 is 12.1 Å². The number of fused-ring (bicyclic) bond motifs is 1. The monoisotopic (exact) mass is 588 g/mol. The number of nitrogens with zero attached hydrogens (tertiary/aromatic N) is 3. The fraction of sp³-hybridized carbons (Fsp3) is 0.633. The third-order valence-corrected chi connectivity index (χ3v) is 8.96. The Morgan fingerprint density at radius 1 is 1.24 bits per heavy atom. The fourth-order valence-electron chi connectivity index (χ4n) is 4.89. The van der Waals surface area contributed by atoms with Crippen LogP contribution in [0, 0.1) is 12.3 Å². The summed E-state index contributed by atoms with van der Waals surface area (Å²) in [4.78, 5) is 32.7. The van der Waals surface area contributed by atoms with Crippen LogP contribution in [0.25, 0.3) is 5.65 Å². The van der Waals surface area contributed by atoms with Gasteiger partial charge in [-0.2, -0.15) is 0 Å².